The Hall–Kier alpha value is -2.01. The minimum Gasteiger partial charge on any atom is -0.353 e. The van der Waals surface area contributed by atoms with Gasteiger partial charge in [-0.3, -0.25) is 4.79 Å². The van der Waals surface area contributed by atoms with Gasteiger partial charge in [-0.05, 0) is 17.7 Å². The van der Waals surface area contributed by atoms with Crippen molar-refractivity contribution in [3.8, 4) is 0 Å². The molecule has 0 aliphatic rings. The van der Waals surface area contributed by atoms with Crippen LogP contribution in [0, 0.1) is 0 Å². The van der Waals surface area contributed by atoms with E-state index >= 15 is 0 Å². The van der Waals surface area contributed by atoms with E-state index in [0.29, 0.717) is 24.1 Å². The SMILES string of the molecule is C=CCNC(=NCC(=O)N(C)C)N(C)Cc1cccc(Cl)c1. The number of rotatable bonds is 6. The Morgan fingerprint density at radius 3 is 2.73 bits per heavy atom. The highest BCUT2D eigenvalue weighted by Crippen LogP contribution is 2.12. The molecular formula is C16H23ClN4O. The van der Waals surface area contributed by atoms with Crippen LogP contribution in [0.25, 0.3) is 0 Å². The molecule has 22 heavy (non-hydrogen) atoms. The van der Waals surface area contributed by atoms with E-state index in [1.807, 2.05) is 36.2 Å². The van der Waals surface area contributed by atoms with E-state index in [0.717, 1.165) is 5.56 Å². The van der Waals surface area contributed by atoms with Gasteiger partial charge >= 0.3 is 0 Å². The highest BCUT2D eigenvalue weighted by molar-refractivity contribution is 6.30. The summed E-state index contributed by atoms with van der Waals surface area (Å²) < 4.78 is 0. The third kappa shape index (κ3) is 6.18. The van der Waals surface area contributed by atoms with Gasteiger partial charge in [-0.1, -0.05) is 29.8 Å². The highest BCUT2D eigenvalue weighted by atomic mass is 35.5. The molecule has 5 nitrogen and oxygen atoms in total. The van der Waals surface area contributed by atoms with Crippen LogP contribution in [0.3, 0.4) is 0 Å². The summed E-state index contributed by atoms with van der Waals surface area (Å²) >= 11 is 6.00. The lowest BCUT2D eigenvalue weighted by molar-refractivity contribution is -0.127. The summed E-state index contributed by atoms with van der Waals surface area (Å²) in [5, 5.41) is 3.85. The molecule has 0 heterocycles. The van der Waals surface area contributed by atoms with Gasteiger partial charge in [0.05, 0.1) is 0 Å². The number of hydrogen-bond donors (Lipinski definition) is 1. The van der Waals surface area contributed by atoms with Crippen LogP contribution in [-0.4, -0.2) is 55.9 Å². The quantitative estimate of drug-likeness (QED) is 0.495. The van der Waals surface area contributed by atoms with Crippen LogP contribution in [0.5, 0.6) is 0 Å². The number of aliphatic imine (C=N–C) groups is 1. The van der Waals surface area contributed by atoms with Crippen LogP contribution in [0.2, 0.25) is 5.02 Å². The minimum absolute atomic E-state index is 0.0472. The van der Waals surface area contributed by atoms with Gasteiger partial charge in [0.1, 0.15) is 6.54 Å². The molecule has 1 rings (SSSR count). The molecule has 120 valence electrons. The van der Waals surface area contributed by atoms with Gasteiger partial charge in [-0.15, -0.1) is 6.58 Å². The molecule has 0 fully saturated rings. The number of amides is 1. The maximum absolute atomic E-state index is 11.7. The fraction of sp³-hybridized carbons (Fsp3) is 0.375. The number of nitrogens with zero attached hydrogens (tertiary/aromatic N) is 3. The molecule has 1 N–H and O–H groups in total. The predicted molar refractivity (Wildman–Crippen MR) is 92.1 cm³/mol. The molecule has 0 unspecified atom stereocenters. The van der Waals surface area contributed by atoms with E-state index in [1.54, 1.807) is 20.2 Å². The Labute approximate surface area is 137 Å². The fourth-order valence-corrected chi connectivity index (χ4v) is 1.96. The summed E-state index contributed by atoms with van der Waals surface area (Å²) in [6.45, 7) is 5.00. The van der Waals surface area contributed by atoms with Crippen molar-refractivity contribution in [3.05, 3.63) is 47.5 Å². The Morgan fingerprint density at radius 1 is 1.41 bits per heavy atom. The zero-order chi connectivity index (χ0) is 16.5. The van der Waals surface area contributed by atoms with Crippen molar-refractivity contribution in [2.45, 2.75) is 6.54 Å². The maximum Gasteiger partial charge on any atom is 0.243 e. The molecule has 0 saturated heterocycles. The van der Waals surface area contributed by atoms with Crippen LogP contribution in [-0.2, 0) is 11.3 Å². The van der Waals surface area contributed by atoms with Crippen molar-refractivity contribution in [3.63, 3.8) is 0 Å². The molecule has 0 aliphatic carbocycles. The zero-order valence-corrected chi connectivity index (χ0v) is 14.1. The lowest BCUT2D eigenvalue weighted by atomic mass is 10.2. The van der Waals surface area contributed by atoms with Crippen LogP contribution >= 0.6 is 11.6 Å². The normalized spacial score (nSPS) is 11.0. The Kier molecular flexibility index (Phi) is 7.46. The number of halogens is 1. The molecule has 0 saturated carbocycles. The maximum atomic E-state index is 11.7. The van der Waals surface area contributed by atoms with Crippen molar-refractivity contribution < 1.29 is 4.79 Å². The Morgan fingerprint density at radius 2 is 2.14 bits per heavy atom. The largest absolute Gasteiger partial charge is 0.353 e. The first-order valence-electron chi connectivity index (χ1n) is 6.99. The molecule has 1 amide bonds. The standard InChI is InChI=1S/C16H23ClN4O/c1-5-9-18-16(19-11-15(22)20(2)3)21(4)12-13-7-6-8-14(17)10-13/h5-8,10H,1,9,11-12H2,2-4H3,(H,18,19). The second-order valence-corrected chi connectivity index (χ2v) is 5.52. The third-order valence-electron chi connectivity index (χ3n) is 2.94. The van der Waals surface area contributed by atoms with Crippen molar-refractivity contribution >= 4 is 23.5 Å². The van der Waals surface area contributed by atoms with E-state index in [1.165, 1.54) is 4.90 Å². The summed E-state index contributed by atoms with van der Waals surface area (Å²) in [6, 6.07) is 7.66. The number of carbonyl (C=O) groups is 1. The van der Waals surface area contributed by atoms with Gasteiger partial charge in [0, 0.05) is 39.3 Å². The second-order valence-electron chi connectivity index (χ2n) is 5.08. The van der Waals surface area contributed by atoms with Gasteiger partial charge in [0.25, 0.3) is 0 Å². The molecule has 0 aliphatic heterocycles. The Bertz CT molecular complexity index is 543. The van der Waals surface area contributed by atoms with Crippen molar-refractivity contribution in [2.75, 3.05) is 34.2 Å². The Balaban J connectivity index is 2.78. The number of benzene rings is 1. The van der Waals surface area contributed by atoms with E-state index in [2.05, 4.69) is 16.9 Å². The fourth-order valence-electron chi connectivity index (χ4n) is 1.74. The lowest BCUT2D eigenvalue weighted by Gasteiger charge is -2.22. The zero-order valence-electron chi connectivity index (χ0n) is 13.3. The molecule has 0 atom stereocenters. The second kappa shape index (κ2) is 9.10. The number of carbonyl (C=O) groups excluding carboxylic acids is 1. The van der Waals surface area contributed by atoms with Crippen molar-refractivity contribution in [1.29, 1.82) is 0 Å². The van der Waals surface area contributed by atoms with Gasteiger partial charge < -0.3 is 15.1 Å². The van der Waals surface area contributed by atoms with Crippen molar-refractivity contribution in [2.24, 2.45) is 4.99 Å². The number of guanidine groups is 1. The molecule has 1 aromatic rings. The summed E-state index contributed by atoms with van der Waals surface area (Å²) in [7, 11) is 5.34. The van der Waals surface area contributed by atoms with Crippen LogP contribution in [0.4, 0.5) is 0 Å². The van der Waals surface area contributed by atoms with Crippen LogP contribution in [0.15, 0.2) is 41.9 Å². The number of nitrogens with one attached hydrogen (secondary N) is 1. The van der Waals surface area contributed by atoms with E-state index < -0.39 is 0 Å². The monoisotopic (exact) mass is 322 g/mol. The summed E-state index contributed by atoms with van der Waals surface area (Å²) in [6.07, 6.45) is 1.75. The first-order chi connectivity index (χ1) is 10.4. The van der Waals surface area contributed by atoms with Crippen LogP contribution in [0.1, 0.15) is 5.56 Å². The van der Waals surface area contributed by atoms with Gasteiger partial charge in [-0.2, -0.15) is 0 Å². The molecule has 0 aromatic heterocycles. The summed E-state index contributed by atoms with van der Waals surface area (Å²) in [5.74, 6) is 0.601. The topological polar surface area (TPSA) is 47.9 Å². The summed E-state index contributed by atoms with van der Waals surface area (Å²) in [5.41, 5.74) is 1.07. The third-order valence-corrected chi connectivity index (χ3v) is 3.17. The van der Waals surface area contributed by atoms with E-state index in [-0.39, 0.29) is 12.5 Å². The lowest BCUT2D eigenvalue weighted by Crippen LogP contribution is -2.39. The van der Waals surface area contributed by atoms with E-state index in [4.69, 9.17) is 11.6 Å². The smallest absolute Gasteiger partial charge is 0.243 e. The molecule has 0 radical (unpaired) electrons. The van der Waals surface area contributed by atoms with E-state index in [9.17, 15) is 4.79 Å². The average molecular weight is 323 g/mol. The summed E-state index contributed by atoms with van der Waals surface area (Å²) in [4.78, 5) is 19.5. The molecular weight excluding hydrogens is 300 g/mol. The highest BCUT2D eigenvalue weighted by Gasteiger charge is 2.09. The molecule has 6 heteroatoms. The number of likely N-dealkylation sites (N-methyl/N-ethyl adjacent to an activating group) is 1. The number of hydrogen-bond acceptors (Lipinski definition) is 2. The average Bonchev–Trinajstić information content (AvgIpc) is 2.46. The van der Waals surface area contributed by atoms with Crippen LogP contribution < -0.4 is 5.32 Å². The van der Waals surface area contributed by atoms with Gasteiger partial charge in [-0.25, -0.2) is 4.99 Å². The van der Waals surface area contributed by atoms with Crippen molar-refractivity contribution in [1.82, 2.24) is 15.1 Å². The molecule has 0 spiro atoms. The first kappa shape index (κ1) is 18.0. The molecule has 1 aromatic carbocycles. The predicted octanol–water partition coefficient (Wildman–Crippen LogP) is 1.99. The van der Waals surface area contributed by atoms with Gasteiger partial charge in [0.2, 0.25) is 5.91 Å². The minimum atomic E-state index is -0.0472. The first-order valence-corrected chi connectivity index (χ1v) is 7.36. The molecule has 0 bridgehead atoms. The van der Waals surface area contributed by atoms with Gasteiger partial charge in [0.15, 0.2) is 5.96 Å².